The molecule has 1 N–H and O–H groups in total. The molecule has 2 rings (SSSR count). The summed E-state index contributed by atoms with van der Waals surface area (Å²) in [5, 5.41) is 9.36. The Kier molecular flexibility index (Phi) is 4.82. The van der Waals surface area contributed by atoms with Crippen LogP contribution in [0.25, 0.3) is 0 Å². The Balaban J connectivity index is 2.18. The number of benzene rings is 2. The van der Waals surface area contributed by atoms with Gasteiger partial charge in [0.25, 0.3) is 0 Å². The minimum atomic E-state index is -0.998. The van der Waals surface area contributed by atoms with Gasteiger partial charge in [-0.25, -0.2) is 4.79 Å². The molecule has 2 aromatic rings. The third kappa shape index (κ3) is 3.99. The largest absolute Gasteiger partial charge is 0.493 e. The van der Waals surface area contributed by atoms with Crippen molar-refractivity contribution < 1.29 is 19.4 Å². The van der Waals surface area contributed by atoms with E-state index in [0.29, 0.717) is 17.9 Å². The molecule has 2 aromatic carbocycles. The van der Waals surface area contributed by atoms with E-state index in [1.165, 1.54) is 7.11 Å². The minimum absolute atomic E-state index is 0.301. The first-order valence-electron chi connectivity index (χ1n) is 6.68. The lowest BCUT2D eigenvalue weighted by Crippen LogP contribution is -2.29. The maximum Gasteiger partial charge on any atom is 0.345 e. The number of aryl methyl sites for hydroxylation is 1. The van der Waals surface area contributed by atoms with Gasteiger partial charge in [-0.05, 0) is 24.6 Å². The molecular formula is C17H18O4. The molecule has 0 aliphatic rings. The van der Waals surface area contributed by atoms with Gasteiger partial charge in [-0.1, -0.05) is 42.0 Å². The average Bonchev–Trinajstić information content (AvgIpc) is 2.47. The Morgan fingerprint density at radius 2 is 1.86 bits per heavy atom. The van der Waals surface area contributed by atoms with E-state index in [4.69, 9.17) is 9.47 Å². The third-order valence-electron chi connectivity index (χ3n) is 3.12. The second-order valence-electron chi connectivity index (χ2n) is 4.79. The zero-order valence-electron chi connectivity index (χ0n) is 12.1. The van der Waals surface area contributed by atoms with Crippen molar-refractivity contribution in [2.75, 3.05) is 7.11 Å². The van der Waals surface area contributed by atoms with Crippen LogP contribution in [-0.4, -0.2) is 24.3 Å². The molecular weight excluding hydrogens is 268 g/mol. The molecule has 110 valence electrons. The van der Waals surface area contributed by atoms with Gasteiger partial charge in [0.15, 0.2) is 17.6 Å². The summed E-state index contributed by atoms with van der Waals surface area (Å²) in [4.78, 5) is 11.4. The predicted octanol–water partition coefficient (Wildman–Crippen LogP) is 3.08. The van der Waals surface area contributed by atoms with Crippen molar-refractivity contribution >= 4 is 5.97 Å². The monoisotopic (exact) mass is 286 g/mol. The molecule has 0 bridgehead atoms. The number of carboxylic acid groups (broad SMARTS) is 1. The summed E-state index contributed by atoms with van der Waals surface area (Å²) in [6.45, 7) is 1.97. The molecule has 0 radical (unpaired) electrons. The summed E-state index contributed by atoms with van der Waals surface area (Å²) in [5.41, 5.74) is 2.02. The predicted molar refractivity (Wildman–Crippen MR) is 79.9 cm³/mol. The Morgan fingerprint density at radius 3 is 2.48 bits per heavy atom. The summed E-state index contributed by atoms with van der Waals surface area (Å²) in [6.07, 6.45) is -0.655. The molecule has 0 heterocycles. The molecule has 0 saturated heterocycles. The first kappa shape index (κ1) is 14.9. The molecule has 1 atom stereocenters. The molecule has 4 nitrogen and oxygen atoms in total. The van der Waals surface area contributed by atoms with Gasteiger partial charge < -0.3 is 14.6 Å². The van der Waals surface area contributed by atoms with Gasteiger partial charge in [-0.3, -0.25) is 0 Å². The molecule has 21 heavy (non-hydrogen) atoms. The van der Waals surface area contributed by atoms with Gasteiger partial charge in [0.1, 0.15) is 0 Å². The van der Waals surface area contributed by atoms with Gasteiger partial charge in [-0.15, -0.1) is 0 Å². The van der Waals surface area contributed by atoms with Crippen LogP contribution in [0.2, 0.25) is 0 Å². The molecule has 0 spiro atoms. The summed E-state index contributed by atoms with van der Waals surface area (Å²) in [6, 6.07) is 14.8. The summed E-state index contributed by atoms with van der Waals surface area (Å²) >= 11 is 0. The van der Waals surface area contributed by atoms with Crippen LogP contribution in [0.15, 0.2) is 48.5 Å². The zero-order valence-corrected chi connectivity index (χ0v) is 12.1. The van der Waals surface area contributed by atoms with Gasteiger partial charge in [-0.2, -0.15) is 0 Å². The van der Waals surface area contributed by atoms with Crippen molar-refractivity contribution in [2.45, 2.75) is 19.4 Å². The maximum atomic E-state index is 11.4. The standard InChI is InChI=1S/C17H18O4/c1-12-6-5-7-13(10-12)11-16(17(18)19)21-15-9-4-3-8-14(15)20-2/h3-10,16H,11H2,1-2H3,(H,18,19). The van der Waals surface area contributed by atoms with Crippen LogP contribution in [0.3, 0.4) is 0 Å². The third-order valence-corrected chi connectivity index (χ3v) is 3.12. The number of hydrogen-bond donors (Lipinski definition) is 1. The van der Waals surface area contributed by atoms with E-state index in [1.54, 1.807) is 18.2 Å². The van der Waals surface area contributed by atoms with Crippen molar-refractivity contribution in [3.05, 3.63) is 59.7 Å². The van der Waals surface area contributed by atoms with Crippen molar-refractivity contribution in [3.8, 4) is 11.5 Å². The number of methoxy groups -OCH3 is 1. The number of para-hydroxylation sites is 2. The Labute approximate surface area is 123 Å². The summed E-state index contributed by atoms with van der Waals surface area (Å²) < 4.78 is 10.8. The van der Waals surface area contributed by atoms with Crippen LogP contribution in [-0.2, 0) is 11.2 Å². The lowest BCUT2D eigenvalue weighted by molar-refractivity contribution is -0.145. The van der Waals surface area contributed by atoms with E-state index in [9.17, 15) is 9.90 Å². The highest BCUT2D eigenvalue weighted by molar-refractivity contribution is 5.73. The lowest BCUT2D eigenvalue weighted by Gasteiger charge is -2.17. The first-order chi connectivity index (χ1) is 10.1. The van der Waals surface area contributed by atoms with E-state index in [0.717, 1.165) is 11.1 Å². The lowest BCUT2D eigenvalue weighted by atomic mass is 10.1. The number of hydrogen-bond acceptors (Lipinski definition) is 3. The zero-order chi connectivity index (χ0) is 15.2. The molecule has 0 amide bonds. The fourth-order valence-corrected chi connectivity index (χ4v) is 2.10. The highest BCUT2D eigenvalue weighted by Gasteiger charge is 2.21. The quantitative estimate of drug-likeness (QED) is 0.886. The molecule has 0 aliphatic carbocycles. The molecule has 4 heteroatoms. The number of carbonyl (C=O) groups is 1. The fourth-order valence-electron chi connectivity index (χ4n) is 2.10. The van der Waals surface area contributed by atoms with Crippen LogP contribution in [0.5, 0.6) is 11.5 Å². The van der Waals surface area contributed by atoms with Gasteiger partial charge >= 0.3 is 5.97 Å². The molecule has 1 unspecified atom stereocenters. The first-order valence-corrected chi connectivity index (χ1v) is 6.68. The van der Waals surface area contributed by atoms with Crippen LogP contribution >= 0.6 is 0 Å². The molecule has 0 fully saturated rings. The fraction of sp³-hybridized carbons (Fsp3) is 0.235. The van der Waals surface area contributed by atoms with Crippen LogP contribution in [0.4, 0.5) is 0 Å². The van der Waals surface area contributed by atoms with Gasteiger partial charge in [0.05, 0.1) is 7.11 Å². The van der Waals surface area contributed by atoms with Crippen molar-refractivity contribution in [2.24, 2.45) is 0 Å². The molecule has 0 aromatic heterocycles. The highest BCUT2D eigenvalue weighted by atomic mass is 16.5. The normalized spacial score (nSPS) is 11.7. The summed E-state index contributed by atoms with van der Waals surface area (Å²) in [7, 11) is 1.53. The van der Waals surface area contributed by atoms with Crippen LogP contribution in [0, 0.1) is 6.92 Å². The molecule has 0 aliphatic heterocycles. The topological polar surface area (TPSA) is 55.8 Å². The van der Waals surface area contributed by atoms with Gasteiger partial charge in [0.2, 0.25) is 0 Å². The van der Waals surface area contributed by atoms with Crippen LogP contribution < -0.4 is 9.47 Å². The molecule has 0 saturated carbocycles. The van der Waals surface area contributed by atoms with E-state index in [1.807, 2.05) is 37.3 Å². The number of rotatable bonds is 6. The number of aliphatic carboxylic acids is 1. The van der Waals surface area contributed by atoms with Crippen molar-refractivity contribution in [3.63, 3.8) is 0 Å². The number of ether oxygens (including phenoxy) is 2. The minimum Gasteiger partial charge on any atom is -0.493 e. The summed E-state index contributed by atoms with van der Waals surface area (Å²) in [5.74, 6) is -0.0459. The van der Waals surface area contributed by atoms with Crippen molar-refractivity contribution in [1.82, 2.24) is 0 Å². The highest BCUT2D eigenvalue weighted by Crippen LogP contribution is 2.27. The van der Waals surface area contributed by atoms with E-state index < -0.39 is 12.1 Å². The second kappa shape index (κ2) is 6.79. The van der Waals surface area contributed by atoms with E-state index in [-0.39, 0.29) is 0 Å². The average molecular weight is 286 g/mol. The number of carboxylic acids is 1. The Hall–Kier alpha value is -2.49. The van der Waals surface area contributed by atoms with Crippen LogP contribution in [0.1, 0.15) is 11.1 Å². The Bertz CT molecular complexity index is 622. The van der Waals surface area contributed by atoms with E-state index in [2.05, 4.69) is 0 Å². The smallest absolute Gasteiger partial charge is 0.345 e. The Morgan fingerprint density at radius 1 is 1.14 bits per heavy atom. The maximum absolute atomic E-state index is 11.4. The van der Waals surface area contributed by atoms with Crippen molar-refractivity contribution in [1.29, 1.82) is 0 Å². The van der Waals surface area contributed by atoms with E-state index >= 15 is 0 Å². The SMILES string of the molecule is COc1ccccc1OC(Cc1cccc(C)c1)C(=O)O. The second-order valence-corrected chi connectivity index (χ2v) is 4.79. The van der Waals surface area contributed by atoms with Gasteiger partial charge in [0, 0.05) is 6.42 Å².